The van der Waals surface area contributed by atoms with Gasteiger partial charge in [0.25, 0.3) is 5.91 Å². The number of benzene rings is 1. The van der Waals surface area contributed by atoms with Crippen molar-refractivity contribution in [2.75, 3.05) is 11.9 Å². The minimum Gasteiger partial charge on any atom is -0.481 e. The Bertz CT molecular complexity index is 618. The molecule has 1 aliphatic rings. The Morgan fingerprint density at radius 1 is 1.61 bits per heavy atom. The Balaban J connectivity index is 2.19. The third-order valence-electron chi connectivity index (χ3n) is 2.85. The van der Waals surface area contributed by atoms with Crippen LogP contribution < -0.4 is 15.8 Å². The smallest absolute Gasteiger partial charge is 0.262 e. The lowest BCUT2D eigenvalue weighted by Crippen LogP contribution is -2.27. The van der Waals surface area contributed by atoms with Gasteiger partial charge >= 0.3 is 0 Å². The predicted octanol–water partition coefficient (Wildman–Crippen LogP) is 0.714. The lowest BCUT2D eigenvalue weighted by atomic mass is 10.2. The van der Waals surface area contributed by atoms with E-state index in [1.165, 1.54) is 0 Å². The van der Waals surface area contributed by atoms with E-state index in [1.54, 1.807) is 10.9 Å². The maximum atomic E-state index is 11.4. The molecule has 3 rings (SSSR count). The van der Waals surface area contributed by atoms with Crippen molar-refractivity contribution in [1.82, 2.24) is 9.78 Å². The number of amides is 1. The highest BCUT2D eigenvalue weighted by molar-refractivity contribution is 6.05. The Hall–Kier alpha value is -2.08. The van der Waals surface area contributed by atoms with E-state index in [0.29, 0.717) is 18.0 Å². The van der Waals surface area contributed by atoms with E-state index in [2.05, 4.69) is 10.4 Å². The predicted molar refractivity (Wildman–Crippen MR) is 67.5 cm³/mol. The minimum atomic E-state index is -0.149. The van der Waals surface area contributed by atoms with E-state index < -0.39 is 0 Å². The van der Waals surface area contributed by atoms with Crippen molar-refractivity contribution in [2.45, 2.75) is 19.5 Å². The molecule has 6 nitrogen and oxygen atoms in total. The van der Waals surface area contributed by atoms with Gasteiger partial charge in [-0.3, -0.25) is 9.48 Å². The number of hydrogen-bond donors (Lipinski definition) is 2. The van der Waals surface area contributed by atoms with Crippen LogP contribution in [0.4, 0.5) is 5.69 Å². The Morgan fingerprint density at radius 2 is 2.44 bits per heavy atom. The SMILES string of the molecule is CC(N)Cn1ncc2ccc3c(c21)NC(=O)CO3. The van der Waals surface area contributed by atoms with Gasteiger partial charge in [0.15, 0.2) is 6.61 Å². The second-order valence-electron chi connectivity index (χ2n) is 4.52. The monoisotopic (exact) mass is 246 g/mol. The summed E-state index contributed by atoms with van der Waals surface area (Å²) in [4.78, 5) is 11.4. The van der Waals surface area contributed by atoms with Crippen LogP contribution in [-0.4, -0.2) is 28.3 Å². The zero-order valence-electron chi connectivity index (χ0n) is 10.0. The molecule has 2 heterocycles. The van der Waals surface area contributed by atoms with Crippen molar-refractivity contribution < 1.29 is 9.53 Å². The number of ether oxygens (including phenoxy) is 1. The normalized spacial score (nSPS) is 16.0. The zero-order chi connectivity index (χ0) is 12.7. The van der Waals surface area contributed by atoms with Crippen LogP contribution in [0.3, 0.4) is 0 Å². The van der Waals surface area contributed by atoms with E-state index in [1.807, 2.05) is 19.1 Å². The van der Waals surface area contributed by atoms with Crippen LogP contribution >= 0.6 is 0 Å². The standard InChI is InChI=1S/C12H14N4O2/c1-7(13)5-16-12-8(4-14-16)2-3-9-11(12)15-10(17)6-18-9/h2-4,7H,5-6,13H2,1H3,(H,15,17). The number of rotatable bonds is 2. The largest absolute Gasteiger partial charge is 0.481 e. The van der Waals surface area contributed by atoms with E-state index in [9.17, 15) is 4.79 Å². The summed E-state index contributed by atoms with van der Waals surface area (Å²) in [5.74, 6) is 0.525. The first-order valence-electron chi connectivity index (χ1n) is 5.82. The van der Waals surface area contributed by atoms with Gasteiger partial charge < -0.3 is 15.8 Å². The van der Waals surface area contributed by atoms with Crippen molar-refractivity contribution in [2.24, 2.45) is 5.73 Å². The quantitative estimate of drug-likeness (QED) is 0.817. The Labute approximate surface area is 104 Å². The summed E-state index contributed by atoms with van der Waals surface area (Å²) in [5, 5.41) is 8.09. The summed E-state index contributed by atoms with van der Waals surface area (Å²) in [7, 11) is 0. The first kappa shape index (κ1) is 11.0. The summed E-state index contributed by atoms with van der Waals surface area (Å²) < 4.78 is 7.19. The van der Waals surface area contributed by atoms with Crippen molar-refractivity contribution in [3.05, 3.63) is 18.3 Å². The van der Waals surface area contributed by atoms with E-state index in [-0.39, 0.29) is 18.6 Å². The van der Waals surface area contributed by atoms with Crippen molar-refractivity contribution in [3.8, 4) is 5.75 Å². The molecule has 1 aliphatic heterocycles. The summed E-state index contributed by atoms with van der Waals surface area (Å²) >= 11 is 0. The molecule has 0 saturated carbocycles. The fourth-order valence-electron chi connectivity index (χ4n) is 2.13. The number of aromatic nitrogens is 2. The number of nitrogens with zero attached hydrogens (tertiary/aromatic N) is 2. The van der Waals surface area contributed by atoms with Gasteiger partial charge in [-0.05, 0) is 19.1 Å². The molecule has 0 bridgehead atoms. The van der Waals surface area contributed by atoms with Crippen LogP contribution in [-0.2, 0) is 11.3 Å². The highest BCUT2D eigenvalue weighted by atomic mass is 16.5. The van der Waals surface area contributed by atoms with Crippen molar-refractivity contribution in [1.29, 1.82) is 0 Å². The van der Waals surface area contributed by atoms with Gasteiger partial charge in [-0.15, -0.1) is 0 Å². The van der Waals surface area contributed by atoms with Gasteiger partial charge in [-0.1, -0.05) is 0 Å². The lowest BCUT2D eigenvalue weighted by molar-refractivity contribution is -0.118. The van der Waals surface area contributed by atoms with Crippen LogP contribution in [0, 0.1) is 0 Å². The fraction of sp³-hybridized carbons (Fsp3) is 0.333. The molecule has 0 spiro atoms. The summed E-state index contributed by atoms with van der Waals surface area (Å²) in [6.45, 7) is 2.56. The fourth-order valence-corrected chi connectivity index (χ4v) is 2.13. The number of carbonyl (C=O) groups is 1. The van der Waals surface area contributed by atoms with Crippen LogP contribution in [0.5, 0.6) is 5.75 Å². The Kier molecular flexibility index (Phi) is 2.45. The van der Waals surface area contributed by atoms with Gasteiger partial charge in [0, 0.05) is 11.4 Å². The molecule has 2 aromatic rings. The maximum Gasteiger partial charge on any atom is 0.262 e. The second kappa shape index (κ2) is 3.99. The van der Waals surface area contributed by atoms with Crippen molar-refractivity contribution in [3.63, 3.8) is 0 Å². The molecule has 1 aromatic heterocycles. The number of nitrogens with one attached hydrogen (secondary N) is 1. The molecule has 94 valence electrons. The number of nitrogens with two attached hydrogens (primary N) is 1. The van der Waals surface area contributed by atoms with Crippen LogP contribution in [0.15, 0.2) is 18.3 Å². The highest BCUT2D eigenvalue weighted by Crippen LogP contribution is 2.35. The van der Waals surface area contributed by atoms with Gasteiger partial charge in [0.2, 0.25) is 0 Å². The van der Waals surface area contributed by atoms with Crippen molar-refractivity contribution >= 4 is 22.5 Å². The molecule has 0 radical (unpaired) electrons. The first-order valence-corrected chi connectivity index (χ1v) is 5.82. The number of fused-ring (bicyclic) bond motifs is 3. The molecule has 1 amide bonds. The van der Waals surface area contributed by atoms with E-state index >= 15 is 0 Å². The molecule has 18 heavy (non-hydrogen) atoms. The molecule has 0 fully saturated rings. The molecule has 0 aliphatic carbocycles. The van der Waals surface area contributed by atoms with Gasteiger partial charge in [-0.2, -0.15) is 5.10 Å². The maximum absolute atomic E-state index is 11.4. The molecule has 3 N–H and O–H groups in total. The van der Waals surface area contributed by atoms with Crippen LogP contribution in [0.25, 0.3) is 10.9 Å². The van der Waals surface area contributed by atoms with Gasteiger partial charge in [0.1, 0.15) is 11.4 Å². The molecule has 0 saturated heterocycles. The van der Waals surface area contributed by atoms with Crippen LogP contribution in [0.1, 0.15) is 6.92 Å². The number of anilines is 1. The summed E-state index contributed by atoms with van der Waals surface area (Å²) in [6, 6.07) is 3.76. The molecule has 1 aromatic carbocycles. The lowest BCUT2D eigenvalue weighted by Gasteiger charge is -2.19. The van der Waals surface area contributed by atoms with Crippen LogP contribution in [0.2, 0.25) is 0 Å². The third kappa shape index (κ3) is 1.70. The summed E-state index contributed by atoms with van der Waals surface area (Å²) in [6.07, 6.45) is 1.76. The van der Waals surface area contributed by atoms with Gasteiger partial charge in [0.05, 0.1) is 18.3 Å². The molecular formula is C12H14N4O2. The van der Waals surface area contributed by atoms with E-state index in [0.717, 1.165) is 10.9 Å². The summed E-state index contributed by atoms with van der Waals surface area (Å²) in [5.41, 5.74) is 7.34. The third-order valence-corrected chi connectivity index (χ3v) is 2.85. The minimum absolute atomic E-state index is 0.0100. The van der Waals surface area contributed by atoms with Gasteiger partial charge in [-0.25, -0.2) is 0 Å². The molecule has 6 heteroatoms. The second-order valence-corrected chi connectivity index (χ2v) is 4.52. The number of carbonyl (C=O) groups excluding carboxylic acids is 1. The topological polar surface area (TPSA) is 82.2 Å². The molecule has 1 unspecified atom stereocenters. The Morgan fingerprint density at radius 3 is 3.22 bits per heavy atom. The molecule has 1 atom stereocenters. The average Bonchev–Trinajstić information content (AvgIpc) is 2.72. The molecular weight excluding hydrogens is 232 g/mol. The zero-order valence-corrected chi connectivity index (χ0v) is 10.0. The highest BCUT2D eigenvalue weighted by Gasteiger charge is 2.21. The average molecular weight is 246 g/mol. The first-order chi connectivity index (χ1) is 8.65. The number of hydrogen-bond acceptors (Lipinski definition) is 4. The van der Waals surface area contributed by atoms with E-state index in [4.69, 9.17) is 10.5 Å².